The van der Waals surface area contributed by atoms with Crippen molar-refractivity contribution in [3.8, 4) is 0 Å². The fourth-order valence-corrected chi connectivity index (χ4v) is 3.56. The fraction of sp³-hybridized carbons (Fsp3) is 0.217. The van der Waals surface area contributed by atoms with Gasteiger partial charge in [0.1, 0.15) is 0 Å². The molecule has 0 radical (unpaired) electrons. The molecule has 0 aliphatic carbocycles. The van der Waals surface area contributed by atoms with Crippen LogP contribution in [-0.4, -0.2) is 51.8 Å². The topological polar surface area (TPSA) is 128 Å². The summed E-state index contributed by atoms with van der Waals surface area (Å²) in [5, 5.41) is 2.99. The van der Waals surface area contributed by atoms with Gasteiger partial charge in [-0.25, -0.2) is 4.98 Å². The van der Waals surface area contributed by atoms with Crippen molar-refractivity contribution in [3.05, 3.63) is 69.8 Å². The van der Waals surface area contributed by atoms with Gasteiger partial charge < -0.3 is 10.1 Å². The number of rotatable bonds is 6. The Balaban J connectivity index is 1.31. The second-order valence-electron chi connectivity index (χ2n) is 7.60. The number of amides is 3. The van der Waals surface area contributed by atoms with E-state index in [0.717, 1.165) is 10.5 Å². The van der Waals surface area contributed by atoms with Gasteiger partial charge in [0, 0.05) is 19.3 Å². The minimum Gasteiger partial charge on any atom is -0.456 e. The van der Waals surface area contributed by atoms with E-state index in [1.54, 1.807) is 12.1 Å². The number of hydrogen-bond donors (Lipinski definition) is 1. The van der Waals surface area contributed by atoms with Crippen LogP contribution in [0, 0.1) is 6.92 Å². The number of esters is 1. The molecule has 0 spiro atoms. The van der Waals surface area contributed by atoms with Crippen LogP contribution in [0.25, 0.3) is 10.9 Å². The number of benzene rings is 2. The first-order valence-corrected chi connectivity index (χ1v) is 10.1. The van der Waals surface area contributed by atoms with Crippen LogP contribution in [0.3, 0.4) is 0 Å². The maximum Gasteiger partial charge on any atom is 0.308 e. The first kappa shape index (κ1) is 21.9. The number of nitrogens with one attached hydrogen (secondary N) is 1. The van der Waals surface area contributed by atoms with Crippen LogP contribution in [0.15, 0.2) is 47.5 Å². The summed E-state index contributed by atoms with van der Waals surface area (Å²) in [4.78, 5) is 66.0. The monoisotopic (exact) mass is 448 g/mol. The number of carbonyl (C=O) groups excluding carboxylic acids is 4. The molecule has 168 valence electrons. The van der Waals surface area contributed by atoms with Crippen molar-refractivity contribution in [1.29, 1.82) is 0 Å². The summed E-state index contributed by atoms with van der Waals surface area (Å²) in [5.41, 5.74) is 2.00. The molecule has 3 amide bonds. The van der Waals surface area contributed by atoms with E-state index >= 15 is 0 Å². The quantitative estimate of drug-likeness (QED) is 0.447. The van der Waals surface area contributed by atoms with Gasteiger partial charge in [-0.2, -0.15) is 0 Å². The molecule has 1 aliphatic heterocycles. The number of fused-ring (bicyclic) bond motifs is 2. The Labute approximate surface area is 187 Å². The van der Waals surface area contributed by atoms with Crippen LogP contribution in [0.2, 0.25) is 0 Å². The van der Waals surface area contributed by atoms with E-state index in [9.17, 15) is 24.0 Å². The number of anilines is 1. The zero-order valence-corrected chi connectivity index (χ0v) is 18.0. The van der Waals surface area contributed by atoms with Crippen molar-refractivity contribution < 1.29 is 23.9 Å². The molecular formula is C23H20N4O6. The first-order valence-electron chi connectivity index (χ1n) is 10.1. The smallest absolute Gasteiger partial charge is 0.308 e. The van der Waals surface area contributed by atoms with E-state index in [1.165, 1.54) is 36.1 Å². The lowest BCUT2D eigenvalue weighted by atomic mass is 10.1. The first-order chi connectivity index (χ1) is 15.8. The van der Waals surface area contributed by atoms with Crippen molar-refractivity contribution in [1.82, 2.24) is 14.5 Å². The number of carbonyl (C=O) groups is 4. The molecule has 2 heterocycles. The normalized spacial score (nSPS) is 12.7. The second-order valence-corrected chi connectivity index (χ2v) is 7.60. The molecule has 1 N–H and O–H groups in total. The van der Waals surface area contributed by atoms with Gasteiger partial charge in [-0.3, -0.25) is 33.4 Å². The number of hydrogen-bond acceptors (Lipinski definition) is 7. The third-order valence-electron chi connectivity index (χ3n) is 5.35. The highest BCUT2D eigenvalue weighted by molar-refractivity contribution is 6.21. The summed E-state index contributed by atoms with van der Waals surface area (Å²) < 4.78 is 6.30. The molecule has 0 saturated carbocycles. The summed E-state index contributed by atoms with van der Waals surface area (Å²) in [6.45, 7) is 1.39. The predicted molar refractivity (Wildman–Crippen MR) is 118 cm³/mol. The van der Waals surface area contributed by atoms with Gasteiger partial charge in [-0.15, -0.1) is 0 Å². The molecule has 0 saturated heterocycles. The minimum absolute atomic E-state index is 0.0602. The van der Waals surface area contributed by atoms with Crippen LogP contribution in [0.5, 0.6) is 0 Å². The summed E-state index contributed by atoms with van der Waals surface area (Å²) in [7, 11) is 1.38. The van der Waals surface area contributed by atoms with Crippen LogP contribution in [0.1, 0.15) is 32.7 Å². The van der Waals surface area contributed by atoms with Crippen molar-refractivity contribution >= 4 is 40.3 Å². The number of ether oxygens (including phenoxy) is 1. The minimum atomic E-state index is -0.655. The lowest BCUT2D eigenvalue weighted by Gasteiger charge is -2.09. The average molecular weight is 448 g/mol. The second kappa shape index (κ2) is 8.65. The molecule has 0 fully saturated rings. The number of imide groups is 1. The number of aryl methyl sites for hydroxylation is 2. The molecule has 0 atom stereocenters. The van der Waals surface area contributed by atoms with E-state index in [0.29, 0.717) is 16.6 Å². The number of para-hydroxylation sites is 1. The van der Waals surface area contributed by atoms with E-state index in [1.807, 2.05) is 13.0 Å². The van der Waals surface area contributed by atoms with Gasteiger partial charge in [-0.1, -0.05) is 12.1 Å². The maximum atomic E-state index is 12.6. The Bertz CT molecular complexity index is 1380. The molecule has 0 bridgehead atoms. The van der Waals surface area contributed by atoms with Crippen molar-refractivity contribution in [2.45, 2.75) is 19.9 Å². The van der Waals surface area contributed by atoms with Gasteiger partial charge in [-0.05, 0) is 36.8 Å². The molecule has 0 unspecified atom stereocenters. The summed E-state index contributed by atoms with van der Waals surface area (Å²) >= 11 is 0. The standard InChI is InChI=1S/C23H20N4O6/c1-13-4-3-5-16-20(13)24-12-27(23(16)32)9-8-19(29)33-11-18(28)25-14-6-7-15-17(10-14)22(31)26(2)21(15)30/h3-7,10,12H,8-9,11H2,1-2H3,(H,25,28). The van der Waals surface area contributed by atoms with Crippen LogP contribution in [0.4, 0.5) is 5.69 Å². The third kappa shape index (κ3) is 4.22. The highest BCUT2D eigenvalue weighted by atomic mass is 16.5. The van der Waals surface area contributed by atoms with E-state index < -0.39 is 30.3 Å². The van der Waals surface area contributed by atoms with E-state index in [-0.39, 0.29) is 29.7 Å². The van der Waals surface area contributed by atoms with Gasteiger partial charge in [0.15, 0.2) is 6.61 Å². The Morgan fingerprint density at radius 2 is 1.82 bits per heavy atom. The van der Waals surface area contributed by atoms with Crippen LogP contribution < -0.4 is 10.9 Å². The number of nitrogens with zero attached hydrogens (tertiary/aromatic N) is 3. The highest BCUT2D eigenvalue weighted by Crippen LogP contribution is 2.24. The van der Waals surface area contributed by atoms with Crippen molar-refractivity contribution in [2.75, 3.05) is 19.0 Å². The largest absolute Gasteiger partial charge is 0.456 e. The summed E-state index contributed by atoms with van der Waals surface area (Å²) in [5.74, 6) is -2.12. The fourth-order valence-electron chi connectivity index (χ4n) is 3.56. The summed E-state index contributed by atoms with van der Waals surface area (Å²) in [6.07, 6.45) is 1.27. The molecule has 1 aliphatic rings. The van der Waals surface area contributed by atoms with Gasteiger partial charge in [0.05, 0.1) is 34.8 Å². The Morgan fingerprint density at radius 1 is 1.06 bits per heavy atom. The van der Waals surface area contributed by atoms with E-state index in [2.05, 4.69) is 10.3 Å². The molecule has 1 aromatic heterocycles. The van der Waals surface area contributed by atoms with Gasteiger partial charge >= 0.3 is 5.97 Å². The molecule has 4 rings (SSSR count). The van der Waals surface area contributed by atoms with Crippen molar-refractivity contribution in [2.24, 2.45) is 0 Å². The lowest BCUT2D eigenvalue weighted by Crippen LogP contribution is -2.24. The van der Waals surface area contributed by atoms with Crippen LogP contribution >= 0.6 is 0 Å². The zero-order chi connectivity index (χ0) is 23.7. The molecule has 10 nitrogen and oxygen atoms in total. The summed E-state index contributed by atoms with van der Waals surface area (Å²) in [6, 6.07) is 9.66. The Morgan fingerprint density at radius 3 is 2.61 bits per heavy atom. The molecule has 2 aromatic carbocycles. The molecule has 3 aromatic rings. The number of aromatic nitrogens is 2. The van der Waals surface area contributed by atoms with Gasteiger partial charge in [0.25, 0.3) is 23.3 Å². The van der Waals surface area contributed by atoms with Crippen molar-refractivity contribution in [3.63, 3.8) is 0 Å². The maximum absolute atomic E-state index is 12.6. The third-order valence-corrected chi connectivity index (χ3v) is 5.35. The molecule has 10 heteroatoms. The Hall–Kier alpha value is -4.34. The van der Waals surface area contributed by atoms with Crippen LogP contribution in [-0.2, 0) is 20.9 Å². The highest BCUT2D eigenvalue weighted by Gasteiger charge is 2.32. The molecular weight excluding hydrogens is 428 g/mol. The predicted octanol–water partition coefficient (Wildman–Crippen LogP) is 1.50. The molecule has 33 heavy (non-hydrogen) atoms. The zero-order valence-electron chi connectivity index (χ0n) is 18.0. The van der Waals surface area contributed by atoms with E-state index in [4.69, 9.17) is 4.74 Å². The average Bonchev–Trinajstić information content (AvgIpc) is 3.01. The van der Waals surface area contributed by atoms with Gasteiger partial charge in [0.2, 0.25) is 0 Å². The Kier molecular flexibility index (Phi) is 5.74. The SMILES string of the molecule is Cc1cccc2c(=O)n(CCC(=O)OCC(=O)Nc3ccc4c(c3)C(=O)N(C)C4=O)cnc12. The lowest BCUT2D eigenvalue weighted by molar-refractivity contribution is -0.147.